The second kappa shape index (κ2) is 4.51. The Morgan fingerprint density at radius 2 is 2.21 bits per heavy atom. The SMILES string of the molecule is CN(Cc1nccn1C)c1cc(Cl)nc2ncnn12. The lowest BCUT2D eigenvalue weighted by Crippen LogP contribution is -2.22. The fraction of sp³-hybridized carbons (Fsp3) is 0.273. The molecule has 0 radical (unpaired) electrons. The molecule has 3 rings (SSSR count). The van der Waals surface area contributed by atoms with E-state index in [0.717, 1.165) is 11.6 Å². The normalized spacial score (nSPS) is 11.1. The van der Waals surface area contributed by atoms with Gasteiger partial charge in [0.1, 0.15) is 23.1 Å². The molecule has 7 nitrogen and oxygen atoms in total. The van der Waals surface area contributed by atoms with Gasteiger partial charge in [-0.15, -0.1) is 0 Å². The van der Waals surface area contributed by atoms with Crippen molar-refractivity contribution in [1.82, 2.24) is 29.1 Å². The monoisotopic (exact) mass is 277 g/mol. The summed E-state index contributed by atoms with van der Waals surface area (Å²) in [5.41, 5.74) is 0. The number of fused-ring (bicyclic) bond motifs is 1. The highest BCUT2D eigenvalue weighted by Gasteiger charge is 2.12. The summed E-state index contributed by atoms with van der Waals surface area (Å²) in [7, 11) is 3.90. The van der Waals surface area contributed by atoms with Crippen molar-refractivity contribution in [2.45, 2.75) is 6.54 Å². The van der Waals surface area contributed by atoms with Gasteiger partial charge in [0, 0.05) is 32.6 Å². The van der Waals surface area contributed by atoms with Gasteiger partial charge in [-0.2, -0.15) is 19.6 Å². The first-order valence-corrected chi connectivity index (χ1v) is 6.06. The van der Waals surface area contributed by atoms with Crippen LogP contribution in [0.3, 0.4) is 0 Å². The first kappa shape index (κ1) is 11.9. The molecule has 8 heteroatoms. The Morgan fingerprint density at radius 3 is 2.95 bits per heavy atom. The van der Waals surface area contributed by atoms with Crippen molar-refractivity contribution in [1.29, 1.82) is 0 Å². The van der Waals surface area contributed by atoms with Crippen molar-refractivity contribution < 1.29 is 0 Å². The van der Waals surface area contributed by atoms with Crippen molar-refractivity contribution in [3.8, 4) is 0 Å². The minimum absolute atomic E-state index is 0.391. The van der Waals surface area contributed by atoms with Gasteiger partial charge in [0.05, 0.1) is 6.54 Å². The van der Waals surface area contributed by atoms with E-state index < -0.39 is 0 Å². The molecule has 0 unspecified atom stereocenters. The van der Waals surface area contributed by atoms with Crippen LogP contribution in [-0.4, -0.2) is 36.2 Å². The Hall–Kier alpha value is -2.15. The van der Waals surface area contributed by atoms with E-state index >= 15 is 0 Å². The number of imidazole rings is 1. The lowest BCUT2D eigenvalue weighted by Gasteiger charge is -2.19. The van der Waals surface area contributed by atoms with Crippen LogP contribution in [0.25, 0.3) is 5.78 Å². The zero-order valence-electron chi connectivity index (χ0n) is 10.5. The summed E-state index contributed by atoms with van der Waals surface area (Å²) in [6.07, 6.45) is 5.14. The van der Waals surface area contributed by atoms with Gasteiger partial charge in [-0.25, -0.2) is 4.98 Å². The first-order valence-electron chi connectivity index (χ1n) is 5.69. The van der Waals surface area contributed by atoms with Gasteiger partial charge in [0.2, 0.25) is 0 Å². The highest BCUT2D eigenvalue weighted by Crippen LogP contribution is 2.19. The van der Waals surface area contributed by atoms with E-state index in [1.807, 2.05) is 29.8 Å². The molecule has 0 aliphatic heterocycles. The second-order valence-corrected chi connectivity index (χ2v) is 4.61. The largest absolute Gasteiger partial charge is 0.352 e. The van der Waals surface area contributed by atoms with E-state index in [4.69, 9.17) is 11.6 Å². The molecular formula is C11H12ClN7. The Balaban J connectivity index is 1.99. The van der Waals surface area contributed by atoms with E-state index in [0.29, 0.717) is 17.5 Å². The van der Waals surface area contributed by atoms with Crippen LogP contribution in [-0.2, 0) is 13.6 Å². The third kappa shape index (κ3) is 2.12. The van der Waals surface area contributed by atoms with Gasteiger partial charge in [0.15, 0.2) is 0 Å². The van der Waals surface area contributed by atoms with Crippen LogP contribution >= 0.6 is 11.6 Å². The van der Waals surface area contributed by atoms with Crippen LogP contribution in [0.15, 0.2) is 24.8 Å². The number of rotatable bonds is 3. The maximum absolute atomic E-state index is 6.00. The number of hydrogen-bond donors (Lipinski definition) is 0. The van der Waals surface area contributed by atoms with Crippen molar-refractivity contribution in [2.24, 2.45) is 7.05 Å². The smallest absolute Gasteiger partial charge is 0.255 e. The Kier molecular flexibility index (Phi) is 2.83. The van der Waals surface area contributed by atoms with Crippen LogP contribution in [0.2, 0.25) is 5.15 Å². The fourth-order valence-corrected chi connectivity index (χ4v) is 2.06. The predicted molar refractivity (Wildman–Crippen MR) is 71.1 cm³/mol. The van der Waals surface area contributed by atoms with E-state index in [-0.39, 0.29) is 0 Å². The molecule has 3 aromatic heterocycles. The predicted octanol–water partition coefficient (Wildman–Crippen LogP) is 1.15. The lowest BCUT2D eigenvalue weighted by atomic mass is 10.4. The maximum atomic E-state index is 6.00. The van der Waals surface area contributed by atoms with Gasteiger partial charge in [-0.3, -0.25) is 0 Å². The summed E-state index contributed by atoms with van der Waals surface area (Å²) >= 11 is 6.00. The van der Waals surface area contributed by atoms with Gasteiger partial charge < -0.3 is 9.47 Å². The van der Waals surface area contributed by atoms with Crippen LogP contribution in [0.1, 0.15) is 5.82 Å². The molecular weight excluding hydrogens is 266 g/mol. The van der Waals surface area contributed by atoms with E-state index in [1.165, 1.54) is 6.33 Å². The molecule has 0 aliphatic carbocycles. The number of halogens is 1. The van der Waals surface area contributed by atoms with E-state index in [1.54, 1.807) is 16.8 Å². The molecule has 0 spiro atoms. The Bertz CT molecular complexity index is 717. The van der Waals surface area contributed by atoms with Crippen LogP contribution in [0.4, 0.5) is 5.82 Å². The van der Waals surface area contributed by atoms with Crippen molar-refractivity contribution in [2.75, 3.05) is 11.9 Å². The minimum atomic E-state index is 0.391. The topological polar surface area (TPSA) is 64.1 Å². The van der Waals surface area contributed by atoms with Crippen molar-refractivity contribution in [3.05, 3.63) is 35.8 Å². The molecule has 0 amide bonds. The number of anilines is 1. The molecule has 3 heterocycles. The molecule has 0 saturated heterocycles. The van der Waals surface area contributed by atoms with Crippen LogP contribution < -0.4 is 4.90 Å². The standard InChI is InChI=1S/C11H12ClN7/c1-17-4-3-13-9(17)6-18(2)10-5-8(12)16-11-14-7-15-19(10)11/h3-5,7H,6H2,1-2H3. The zero-order valence-corrected chi connectivity index (χ0v) is 11.3. The quantitative estimate of drug-likeness (QED) is 0.672. The van der Waals surface area contributed by atoms with Gasteiger partial charge in [-0.05, 0) is 0 Å². The first-order chi connectivity index (χ1) is 9.15. The zero-order chi connectivity index (χ0) is 13.4. The maximum Gasteiger partial charge on any atom is 0.255 e. The number of hydrogen-bond acceptors (Lipinski definition) is 5. The molecule has 0 aromatic carbocycles. The molecule has 0 N–H and O–H groups in total. The Morgan fingerprint density at radius 1 is 1.37 bits per heavy atom. The third-order valence-electron chi connectivity index (χ3n) is 2.89. The van der Waals surface area contributed by atoms with Crippen molar-refractivity contribution in [3.63, 3.8) is 0 Å². The second-order valence-electron chi connectivity index (χ2n) is 4.22. The molecule has 19 heavy (non-hydrogen) atoms. The summed E-state index contributed by atoms with van der Waals surface area (Å²) in [4.78, 5) is 14.4. The van der Waals surface area contributed by atoms with E-state index in [9.17, 15) is 0 Å². The highest BCUT2D eigenvalue weighted by molar-refractivity contribution is 6.29. The van der Waals surface area contributed by atoms with Crippen LogP contribution in [0.5, 0.6) is 0 Å². The summed E-state index contributed by atoms with van der Waals surface area (Å²) in [6, 6.07) is 1.76. The molecule has 3 aromatic rings. The van der Waals surface area contributed by atoms with E-state index in [2.05, 4.69) is 20.1 Å². The van der Waals surface area contributed by atoms with Crippen LogP contribution in [0, 0.1) is 0 Å². The minimum Gasteiger partial charge on any atom is -0.352 e. The summed E-state index contributed by atoms with van der Waals surface area (Å²) < 4.78 is 3.62. The van der Waals surface area contributed by atoms with Gasteiger partial charge >= 0.3 is 0 Å². The average Bonchev–Trinajstić information content (AvgIpc) is 2.98. The van der Waals surface area contributed by atoms with Gasteiger partial charge in [0.25, 0.3) is 5.78 Å². The summed E-state index contributed by atoms with van der Waals surface area (Å²) in [5, 5.41) is 4.54. The fourth-order valence-electron chi connectivity index (χ4n) is 1.88. The molecule has 0 saturated carbocycles. The number of aryl methyl sites for hydroxylation is 1. The summed E-state index contributed by atoms with van der Waals surface area (Å²) in [6.45, 7) is 0.638. The summed E-state index contributed by atoms with van der Waals surface area (Å²) in [5.74, 6) is 2.24. The molecule has 0 atom stereocenters. The molecule has 0 fully saturated rings. The Labute approximate surface area is 114 Å². The molecule has 0 bridgehead atoms. The number of aromatic nitrogens is 6. The number of nitrogens with zero attached hydrogens (tertiary/aromatic N) is 7. The average molecular weight is 278 g/mol. The van der Waals surface area contributed by atoms with Gasteiger partial charge in [-0.1, -0.05) is 11.6 Å². The lowest BCUT2D eigenvalue weighted by molar-refractivity contribution is 0.742. The third-order valence-corrected chi connectivity index (χ3v) is 3.09. The molecule has 0 aliphatic rings. The van der Waals surface area contributed by atoms with Crippen molar-refractivity contribution >= 4 is 23.2 Å². The molecule has 98 valence electrons. The highest BCUT2D eigenvalue weighted by atomic mass is 35.5.